The number of thioether (sulfide) groups is 1. The number of hydrogen-bond donors (Lipinski definition) is 0. The second-order valence-electron chi connectivity index (χ2n) is 3.57. The molecule has 0 aliphatic rings. The van der Waals surface area contributed by atoms with E-state index >= 15 is 0 Å². The van der Waals surface area contributed by atoms with Gasteiger partial charge < -0.3 is 0 Å². The lowest BCUT2D eigenvalue weighted by Crippen LogP contribution is -1.83. The van der Waals surface area contributed by atoms with Crippen molar-refractivity contribution in [1.29, 1.82) is 0 Å². The van der Waals surface area contributed by atoms with Crippen LogP contribution < -0.4 is 0 Å². The standard InChI is InChI=1S/C14H20S/c1-3-5-9-12-15-14(4-2)13-10-7-6-8-11-13/h4,6-8,10-11H,3,5,9,12H2,1-2H3/b14-4-. The van der Waals surface area contributed by atoms with E-state index in [9.17, 15) is 0 Å². The summed E-state index contributed by atoms with van der Waals surface area (Å²) in [7, 11) is 0. The molecule has 0 aliphatic heterocycles. The molecule has 0 nitrogen and oxygen atoms in total. The third-order valence-corrected chi connectivity index (χ3v) is 3.60. The quantitative estimate of drug-likeness (QED) is 0.610. The molecular weight excluding hydrogens is 200 g/mol. The van der Waals surface area contributed by atoms with Gasteiger partial charge in [0.05, 0.1) is 0 Å². The first kappa shape index (κ1) is 12.4. The Morgan fingerprint density at radius 2 is 1.93 bits per heavy atom. The first-order valence-electron chi connectivity index (χ1n) is 5.73. The van der Waals surface area contributed by atoms with Crippen molar-refractivity contribution < 1.29 is 0 Å². The molecule has 0 fully saturated rings. The van der Waals surface area contributed by atoms with Gasteiger partial charge in [0.25, 0.3) is 0 Å². The Balaban J connectivity index is 2.44. The van der Waals surface area contributed by atoms with Gasteiger partial charge in [-0.15, -0.1) is 11.8 Å². The molecule has 0 atom stereocenters. The molecule has 0 saturated heterocycles. The molecule has 0 saturated carbocycles. The third-order valence-electron chi connectivity index (χ3n) is 2.33. The van der Waals surface area contributed by atoms with Gasteiger partial charge in [-0.2, -0.15) is 0 Å². The SMILES string of the molecule is C/C=C(\SCCCCC)c1ccccc1. The van der Waals surface area contributed by atoms with E-state index in [0.29, 0.717) is 0 Å². The lowest BCUT2D eigenvalue weighted by Gasteiger charge is -2.06. The van der Waals surface area contributed by atoms with Crippen LogP contribution in [0.15, 0.2) is 36.4 Å². The number of hydrogen-bond acceptors (Lipinski definition) is 1. The molecule has 0 aliphatic carbocycles. The van der Waals surface area contributed by atoms with E-state index in [4.69, 9.17) is 0 Å². The van der Waals surface area contributed by atoms with E-state index in [1.807, 2.05) is 11.8 Å². The van der Waals surface area contributed by atoms with E-state index in [-0.39, 0.29) is 0 Å². The van der Waals surface area contributed by atoms with E-state index in [1.165, 1.54) is 35.5 Å². The molecule has 1 aromatic rings. The molecular formula is C14H20S. The largest absolute Gasteiger partial charge is 0.126 e. The molecule has 0 spiro atoms. The molecule has 0 radical (unpaired) electrons. The fraction of sp³-hybridized carbons (Fsp3) is 0.429. The van der Waals surface area contributed by atoms with Gasteiger partial charge in [-0.3, -0.25) is 0 Å². The van der Waals surface area contributed by atoms with Crippen molar-refractivity contribution in [1.82, 2.24) is 0 Å². The van der Waals surface area contributed by atoms with Gasteiger partial charge in [0.15, 0.2) is 0 Å². The molecule has 0 heterocycles. The predicted molar refractivity (Wildman–Crippen MR) is 72.1 cm³/mol. The summed E-state index contributed by atoms with van der Waals surface area (Å²) in [5, 5.41) is 0. The molecule has 15 heavy (non-hydrogen) atoms. The maximum atomic E-state index is 2.25. The van der Waals surface area contributed by atoms with Gasteiger partial charge in [0.1, 0.15) is 0 Å². The van der Waals surface area contributed by atoms with Gasteiger partial charge in [0, 0.05) is 4.91 Å². The third kappa shape index (κ3) is 4.57. The molecule has 1 aromatic carbocycles. The number of rotatable bonds is 6. The fourth-order valence-corrected chi connectivity index (χ4v) is 2.51. The summed E-state index contributed by atoms with van der Waals surface area (Å²) in [4.78, 5) is 1.41. The Labute approximate surface area is 97.8 Å². The summed E-state index contributed by atoms with van der Waals surface area (Å²) in [5.41, 5.74) is 1.35. The minimum atomic E-state index is 1.24. The van der Waals surface area contributed by atoms with E-state index < -0.39 is 0 Å². The maximum absolute atomic E-state index is 2.25. The Kier molecular flexibility index (Phi) is 6.26. The smallest absolute Gasteiger partial charge is 0.0102 e. The maximum Gasteiger partial charge on any atom is 0.0102 e. The van der Waals surface area contributed by atoms with Crippen LogP contribution in [0, 0.1) is 0 Å². The molecule has 0 aromatic heterocycles. The van der Waals surface area contributed by atoms with Crippen molar-refractivity contribution in [2.75, 3.05) is 5.75 Å². The molecule has 1 heteroatoms. The minimum absolute atomic E-state index is 1.24. The van der Waals surface area contributed by atoms with Crippen LogP contribution in [0.5, 0.6) is 0 Å². The number of allylic oxidation sites excluding steroid dienone is 1. The van der Waals surface area contributed by atoms with E-state index in [0.717, 1.165) is 0 Å². The Bertz CT molecular complexity index is 287. The monoisotopic (exact) mass is 220 g/mol. The summed E-state index contributed by atoms with van der Waals surface area (Å²) in [6, 6.07) is 10.6. The lowest BCUT2D eigenvalue weighted by atomic mass is 10.2. The Morgan fingerprint density at radius 3 is 2.53 bits per heavy atom. The summed E-state index contributed by atoms with van der Waals surface area (Å²) in [5.74, 6) is 1.24. The van der Waals surface area contributed by atoms with Crippen molar-refractivity contribution in [3.63, 3.8) is 0 Å². The highest BCUT2D eigenvalue weighted by molar-refractivity contribution is 8.08. The average molecular weight is 220 g/mol. The number of unbranched alkanes of at least 4 members (excludes halogenated alkanes) is 2. The topological polar surface area (TPSA) is 0 Å². The van der Waals surface area contributed by atoms with E-state index in [2.05, 4.69) is 50.3 Å². The van der Waals surface area contributed by atoms with Crippen molar-refractivity contribution in [2.45, 2.75) is 33.1 Å². The molecule has 0 N–H and O–H groups in total. The first-order valence-corrected chi connectivity index (χ1v) is 6.71. The molecule has 0 amide bonds. The highest BCUT2D eigenvalue weighted by Gasteiger charge is 1.99. The summed E-state index contributed by atoms with van der Waals surface area (Å²) in [6.07, 6.45) is 6.19. The van der Waals surface area contributed by atoms with Crippen LogP contribution in [0.3, 0.4) is 0 Å². The van der Waals surface area contributed by atoms with Crippen molar-refractivity contribution in [3.05, 3.63) is 42.0 Å². The zero-order valence-corrected chi connectivity index (χ0v) is 10.5. The summed E-state index contributed by atoms with van der Waals surface area (Å²) in [6.45, 7) is 4.37. The second-order valence-corrected chi connectivity index (χ2v) is 4.71. The average Bonchev–Trinajstić information content (AvgIpc) is 2.30. The number of benzene rings is 1. The van der Waals surface area contributed by atoms with E-state index in [1.54, 1.807) is 0 Å². The van der Waals surface area contributed by atoms with Crippen molar-refractivity contribution >= 4 is 16.7 Å². The van der Waals surface area contributed by atoms with Crippen LogP contribution >= 0.6 is 11.8 Å². The highest BCUT2D eigenvalue weighted by Crippen LogP contribution is 2.27. The predicted octanol–water partition coefficient (Wildman–Crippen LogP) is 4.97. The normalized spacial score (nSPS) is 11.7. The van der Waals surface area contributed by atoms with Crippen LogP contribution in [0.25, 0.3) is 4.91 Å². The van der Waals surface area contributed by atoms with Gasteiger partial charge in [-0.1, -0.05) is 56.2 Å². The zero-order valence-electron chi connectivity index (χ0n) is 9.70. The van der Waals surface area contributed by atoms with Crippen LogP contribution in [-0.4, -0.2) is 5.75 Å². The summed E-state index contributed by atoms with van der Waals surface area (Å²) >= 11 is 1.98. The van der Waals surface area contributed by atoms with Crippen LogP contribution in [0.1, 0.15) is 38.7 Å². The van der Waals surface area contributed by atoms with Gasteiger partial charge in [0.2, 0.25) is 0 Å². The Hall–Kier alpha value is -0.690. The van der Waals surface area contributed by atoms with Gasteiger partial charge >= 0.3 is 0 Å². The van der Waals surface area contributed by atoms with Crippen molar-refractivity contribution in [2.24, 2.45) is 0 Å². The van der Waals surface area contributed by atoms with Crippen LogP contribution in [0.2, 0.25) is 0 Å². The fourth-order valence-electron chi connectivity index (χ4n) is 1.47. The zero-order chi connectivity index (χ0) is 10.9. The second kappa shape index (κ2) is 7.58. The molecule has 0 unspecified atom stereocenters. The van der Waals surface area contributed by atoms with Crippen LogP contribution in [0.4, 0.5) is 0 Å². The van der Waals surface area contributed by atoms with Gasteiger partial charge in [-0.05, 0) is 24.7 Å². The minimum Gasteiger partial charge on any atom is -0.126 e. The lowest BCUT2D eigenvalue weighted by molar-refractivity contribution is 0.779. The molecule has 1 rings (SSSR count). The molecule has 82 valence electrons. The molecule has 0 bridgehead atoms. The highest BCUT2D eigenvalue weighted by atomic mass is 32.2. The van der Waals surface area contributed by atoms with Gasteiger partial charge in [-0.25, -0.2) is 0 Å². The van der Waals surface area contributed by atoms with Crippen LogP contribution in [-0.2, 0) is 0 Å². The van der Waals surface area contributed by atoms with Crippen molar-refractivity contribution in [3.8, 4) is 0 Å². The Morgan fingerprint density at radius 1 is 1.20 bits per heavy atom. The summed E-state index contributed by atoms with van der Waals surface area (Å²) < 4.78 is 0. The first-order chi connectivity index (χ1) is 7.38.